The smallest absolute Gasteiger partial charge is 0.0998 e. The number of hydrogen-bond donors (Lipinski definition) is 0. The first-order valence-electron chi connectivity index (χ1n) is 4.58. The second-order valence-electron chi connectivity index (χ2n) is 3.23. The summed E-state index contributed by atoms with van der Waals surface area (Å²) in [4.78, 5) is 0. The molecule has 0 unspecified atom stereocenters. The lowest BCUT2D eigenvalue weighted by molar-refractivity contribution is 1.47. The molecule has 3 heteroatoms. The van der Waals surface area contributed by atoms with Crippen LogP contribution in [0, 0.1) is 17.4 Å². The number of nitrogens with zero attached hydrogens (tertiary/aromatic N) is 1. The fourth-order valence-corrected chi connectivity index (χ4v) is 1.99. The quantitative estimate of drug-likeness (QED) is 0.735. The average molecular weight is 247 g/mol. The summed E-state index contributed by atoms with van der Waals surface area (Å²) in [6, 6.07) is 15.6. The van der Waals surface area contributed by atoms with Gasteiger partial charge < -0.3 is 0 Å². The van der Waals surface area contributed by atoms with Crippen LogP contribution in [-0.4, -0.2) is 0 Å². The molecule has 0 bridgehead atoms. The molecule has 1 nitrogen and oxygen atoms in total. The van der Waals surface area contributed by atoms with Gasteiger partial charge >= 0.3 is 0 Å². The molecule has 2 aromatic carbocycles. The molecule has 0 aliphatic carbocycles. The second-order valence-corrected chi connectivity index (χ2v) is 4.10. The molecule has 0 aliphatic heterocycles. The maximum absolute atomic E-state index is 8.98. The van der Waals surface area contributed by atoms with Crippen molar-refractivity contribution >= 4 is 23.2 Å². The van der Waals surface area contributed by atoms with Gasteiger partial charge in [0.25, 0.3) is 0 Å². The molecule has 0 amide bonds. The summed E-state index contributed by atoms with van der Waals surface area (Å²) >= 11 is 11.8. The Bertz CT molecular complexity index is 550. The SMILES string of the molecule is N#Cc1ccc[c]c1-c1cc(Cl)cc(Cl)c1. The highest BCUT2D eigenvalue weighted by Gasteiger charge is 2.06. The minimum atomic E-state index is 0.545. The highest BCUT2D eigenvalue weighted by Crippen LogP contribution is 2.28. The van der Waals surface area contributed by atoms with Crippen molar-refractivity contribution < 1.29 is 0 Å². The third kappa shape index (κ3) is 2.19. The van der Waals surface area contributed by atoms with Gasteiger partial charge in [0.15, 0.2) is 0 Å². The highest BCUT2D eigenvalue weighted by molar-refractivity contribution is 6.35. The molecular formula is C13H6Cl2N. The molecule has 16 heavy (non-hydrogen) atoms. The third-order valence-corrected chi connectivity index (χ3v) is 2.56. The summed E-state index contributed by atoms with van der Waals surface area (Å²) in [7, 11) is 0. The monoisotopic (exact) mass is 246 g/mol. The molecule has 0 fully saturated rings. The number of benzene rings is 2. The van der Waals surface area contributed by atoms with Crippen LogP contribution in [-0.2, 0) is 0 Å². The van der Waals surface area contributed by atoms with Gasteiger partial charge in [-0.25, -0.2) is 0 Å². The second kappa shape index (κ2) is 4.57. The largest absolute Gasteiger partial charge is 0.192 e. The Morgan fingerprint density at radius 1 is 1.12 bits per heavy atom. The number of nitriles is 1. The molecule has 77 valence electrons. The highest BCUT2D eigenvalue weighted by atomic mass is 35.5. The first kappa shape index (κ1) is 11.0. The van der Waals surface area contributed by atoms with E-state index in [1.165, 1.54) is 0 Å². The van der Waals surface area contributed by atoms with Gasteiger partial charge in [-0.3, -0.25) is 0 Å². The topological polar surface area (TPSA) is 23.8 Å². The lowest BCUT2D eigenvalue weighted by Crippen LogP contribution is -1.84. The van der Waals surface area contributed by atoms with Gasteiger partial charge in [-0.15, -0.1) is 0 Å². The Labute approximate surface area is 104 Å². The van der Waals surface area contributed by atoms with E-state index in [9.17, 15) is 0 Å². The molecule has 2 aromatic rings. The van der Waals surface area contributed by atoms with Crippen molar-refractivity contribution in [1.29, 1.82) is 5.26 Å². The van der Waals surface area contributed by atoms with Crippen molar-refractivity contribution in [1.82, 2.24) is 0 Å². The van der Waals surface area contributed by atoms with Crippen LogP contribution in [0.15, 0.2) is 36.4 Å². The Kier molecular flexibility index (Phi) is 3.14. The molecule has 2 rings (SSSR count). The van der Waals surface area contributed by atoms with E-state index in [0.29, 0.717) is 15.6 Å². The maximum Gasteiger partial charge on any atom is 0.0998 e. The lowest BCUT2D eigenvalue weighted by atomic mass is 10.0. The van der Waals surface area contributed by atoms with E-state index < -0.39 is 0 Å². The van der Waals surface area contributed by atoms with Gasteiger partial charge in [0, 0.05) is 15.6 Å². The molecular weight excluding hydrogens is 241 g/mol. The minimum Gasteiger partial charge on any atom is -0.192 e. The Hall–Kier alpha value is -1.49. The van der Waals surface area contributed by atoms with Crippen molar-refractivity contribution in [2.75, 3.05) is 0 Å². The van der Waals surface area contributed by atoms with E-state index >= 15 is 0 Å². The maximum atomic E-state index is 8.98. The summed E-state index contributed by atoms with van der Waals surface area (Å²) in [5, 5.41) is 10.1. The van der Waals surface area contributed by atoms with Crippen LogP contribution in [0.5, 0.6) is 0 Å². The zero-order valence-electron chi connectivity index (χ0n) is 8.17. The van der Waals surface area contributed by atoms with Crippen molar-refractivity contribution in [3.63, 3.8) is 0 Å². The van der Waals surface area contributed by atoms with Gasteiger partial charge in [0.05, 0.1) is 11.6 Å². The standard InChI is InChI=1S/C13H6Cl2N/c14-11-5-10(6-12(15)7-11)13-4-2-1-3-9(13)8-16/h1-3,5-7H. The molecule has 1 radical (unpaired) electrons. The van der Waals surface area contributed by atoms with Crippen molar-refractivity contribution in [2.24, 2.45) is 0 Å². The molecule has 0 saturated carbocycles. The van der Waals surface area contributed by atoms with Gasteiger partial charge in [-0.05, 0) is 35.9 Å². The molecule has 0 saturated heterocycles. The predicted octanol–water partition coefficient (Wildman–Crippen LogP) is 4.33. The third-order valence-electron chi connectivity index (χ3n) is 2.13. The van der Waals surface area contributed by atoms with Crippen LogP contribution < -0.4 is 0 Å². The van der Waals surface area contributed by atoms with Crippen LogP contribution in [0.3, 0.4) is 0 Å². The molecule has 0 aromatic heterocycles. The van der Waals surface area contributed by atoms with Gasteiger partial charge in [-0.2, -0.15) is 5.26 Å². The average Bonchev–Trinajstić information content (AvgIpc) is 2.27. The van der Waals surface area contributed by atoms with Crippen LogP contribution in [0.1, 0.15) is 5.56 Å². The minimum absolute atomic E-state index is 0.545. The normalized spacial score (nSPS) is 9.81. The van der Waals surface area contributed by atoms with E-state index in [1.807, 2.05) is 0 Å². The van der Waals surface area contributed by atoms with Crippen molar-refractivity contribution in [2.45, 2.75) is 0 Å². The Morgan fingerprint density at radius 3 is 2.44 bits per heavy atom. The molecule has 0 aliphatic rings. The summed E-state index contributed by atoms with van der Waals surface area (Å²) in [5.74, 6) is 0. The zero-order chi connectivity index (χ0) is 11.5. The molecule has 0 heterocycles. The van der Waals surface area contributed by atoms with Crippen LogP contribution >= 0.6 is 23.2 Å². The first-order valence-corrected chi connectivity index (χ1v) is 5.33. The van der Waals surface area contributed by atoms with E-state index in [4.69, 9.17) is 28.5 Å². The summed E-state index contributed by atoms with van der Waals surface area (Å²) in [6.07, 6.45) is 0. The predicted molar refractivity (Wildman–Crippen MR) is 65.4 cm³/mol. The van der Waals surface area contributed by atoms with Crippen molar-refractivity contribution in [3.05, 3.63) is 58.1 Å². The lowest BCUT2D eigenvalue weighted by Gasteiger charge is -2.04. The van der Waals surface area contributed by atoms with E-state index in [1.54, 1.807) is 36.4 Å². The summed E-state index contributed by atoms with van der Waals surface area (Å²) in [6.45, 7) is 0. The molecule has 0 spiro atoms. The zero-order valence-corrected chi connectivity index (χ0v) is 9.68. The van der Waals surface area contributed by atoms with Gasteiger partial charge in [0.2, 0.25) is 0 Å². The van der Waals surface area contributed by atoms with E-state index in [0.717, 1.165) is 11.1 Å². The van der Waals surface area contributed by atoms with E-state index in [-0.39, 0.29) is 0 Å². The van der Waals surface area contributed by atoms with Crippen LogP contribution in [0.25, 0.3) is 11.1 Å². The number of halogens is 2. The van der Waals surface area contributed by atoms with E-state index in [2.05, 4.69) is 12.1 Å². The van der Waals surface area contributed by atoms with Gasteiger partial charge in [-0.1, -0.05) is 35.3 Å². The number of rotatable bonds is 1. The molecule has 0 N–H and O–H groups in total. The van der Waals surface area contributed by atoms with Crippen molar-refractivity contribution in [3.8, 4) is 17.2 Å². The van der Waals surface area contributed by atoms with Gasteiger partial charge in [0.1, 0.15) is 0 Å². The fraction of sp³-hybridized carbons (Fsp3) is 0. The number of hydrogen-bond acceptors (Lipinski definition) is 1. The molecule has 0 atom stereocenters. The van der Waals surface area contributed by atoms with Crippen LogP contribution in [0.2, 0.25) is 10.0 Å². The Balaban J connectivity index is 2.63. The summed E-state index contributed by atoms with van der Waals surface area (Å²) in [5.41, 5.74) is 2.07. The summed E-state index contributed by atoms with van der Waals surface area (Å²) < 4.78 is 0. The first-order chi connectivity index (χ1) is 7.70. The Morgan fingerprint density at radius 2 is 1.81 bits per heavy atom. The fourth-order valence-electron chi connectivity index (χ4n) is 1.47. The van der Waals surface area contributed by atoms with Crippen LogP contribution in [0.4, 0.5) is 0 Å².